The van der Waals surface area contributed by atoms with Crippen LogP contribution in [0.5, 0.6) is 0 Å². The molecule has 7 nitrogen and oxygen atoms in total. The van der Waals surface area contributed by atoms with Crippen LogP contribution in [0.2, 0.25) is 0 Å². The van der Waals surface area contributed by atoms with E-state index in [1.807, 2.05) is 12.1 Å². The lowest BCUT2D eigenvalue weighted by Crippen LogP contribution is -2.38. The van der Waals surface area contributed by atoms with Gasteiger partial charge in [-0.1, -0.05) is 20.8 Å². The van der Waals surface area contributed by atoms with Crippen LogP contribution in [0.4, 0.5) is 5.82 Å². The molecule has 1 aliphatic heterocycles. The summed E-state index contributed by atoms with van der Waals surface area (Å²) in [5, 5.41) is 16.7. The van der Waals surface area contributed by atoms with E-state index in [-0.39, 0.29) is 23.1 Å². The van der Waals surface area contributed by atoms with Gasteiger partial charge in [0.1, 0.15) is 11.9 Å². The summed E-state index contributed by atoms with van der Waals surface area (Å²) in [5.74, 6) is 0.689. The molecule has 0 saturated carbocycles. The third-order valence-corrected chi connectivity index (χ3v) is 5.36. The summed E-state index contributed by atoms with van der Waals surface area (Å²) in [4.78, 5) is 12.6. The van der Waals surface area contributed by atoms with Crippen molar-refractivity contribution in [3.05, 3.63) is 45.5 Å². The minimum Gasteiger partial charge on any atom is -0.377 e. The average molecular weight is 369 g/mol. The van der Waals surface area contributed by atoms with Gasteiger partial charge in [0.2, 0.25) is 0 Å². The fourth-order valence-electron chi connectivity index (χ4n) is 3.74. The van der Waals surface area contributed by atoms with Gasteiger partial charge in [0.25, 0.3) is 5.56 Å². The molecule has 2 aliphatic rings. The molecule has 27 heavy (non-hydrogen) atoms. The molecule has 7 heteroatoms. The number of rotatable bonds is 3. The topological polar surface area (TPSA) is 81.9 Å². The number of fused-ring (bicyclic) bond motifs is 1. The number of aryl methyl sites for hydroxylation is 2. The van der Waals surface area contributed by atoms with Gasteiger partial charge in [-0.25, -0.2) is 4.68 Å². The molecule has 2 atom stereocenters. The molecule has 1 saturated heterocycles. The third-order valence-electron chi connectivity index (χ3n) is 5.36. The van der Waals surface area contributed by atoms with Gasteiger partial charge in [-0.3, -0.25) is 4.79 Å². The smallest absolute Gasteiger partial charge is 0.267 e. The molecule has 0 aromatic carbocycles. The Balaban J connectivity index is 1.55. The molecule has 2 aromatic rings. The van der Waals surface area contributed by atoms with Gasteiger partial charge in [0.05, 0.1) is 30.6 Å². The fraction of sp³-hybridized carbons (Fsp3) is 0.600. The Morgan fingerprint density at radius 3 is 2.70 bits per heavy atom. The highest BCUT2D eigenvalue weighted by Crippen LogP contribution is 2.24. The summed E-state index contributed by atoms with van der Waals surface area (Å²) in [5.41, 5.74) is 3.02. The molecule has 1 aliphatic carbocycles. The van der Waals surface area contributed by atoms with Crippen LogP contribution >= 0.6 is 0 Å². The normalized spacial score (nSPS) is 22.5. The minimum absolute atomic E-state index is 0.0368. The summed E-state index contributed by atoms with van der Waals surface area (Å²) >= 11 is 0. The first-order valence-corrected chi connectivity index (χ1v) is 9.72. The Hall–Kier alpha value is -2.28. The van der Waals surface area contributed by atoms with Crippen molar-refractivity contribution >= 4 is 5.82 Å². The number of hydrogen-bond acceptors (Lipinski definition) is 6. The van der Waals surface area contributed by atoms with E-state index >= 15 is 0 Å². The zero-order valence-corrected chi connectivity index (χ0v) is 16.2. The predicted octanol–water partition coefficient (Wildman–Crippen LogP) is 2.26. The van der Waals surface area contributed by atoms with Crippen LogP contribution in [0.15, 0.2) is 23.0 Å². The van der Waals surface area contributed by atoms with Gasteiger partial charge in [-0.2, -0.15) is 10.2 Å². The Kier molecular flexibility index (Phi) is 4.72. The van der Waals surface area contributed by atoms with Gasteiger partial charge in [0.15, 0.2) is 0 Å². The van der Waals surface area contributed by atoms with E-state index in [1.165, 1.54) is 0 Å². The van der Waals surface area contributed by atoms with Gasteiger partial charge < -0.3 is 10.1 Å². The van der Waals surface area contributed by atoms with Crippen LogP contribution < -0.4 is 10.9 Å². The third kappa shape index (κ3) is 3.74. The Morgan fingerprint density at radius 1 is 1.15 bits per heavy atom. The molecule has 0 bridgehead atoms. The van der Waals surface area contributed by atoms with E-state index < -0.39 is 0 Å². The second-order valence-electron chi connectivity index (χ2n) is 8.52. The summed E-state index contributed by atoms with van der Waals surface area (Å²) in [6.45, 7) is 7.31. The molecular weight excluding hydrogens is 342 g/mol. The van der Waals surface area contributed by atoms with Crippen molar-refractivity contribution in [3.63, 3.8) is 0 Å². The SMILES string of the molecule is CC(C)(C)c1ccc(NC2COCC2n2nc3c(cc2=O)CCCC3)nn1. The quantitative estimate of drug-likeness (QED) is 0.894. The molecule has 0 spiro atoms. The van der Waals surface area contributed by atoms with Crippen molar-refractivity contribution in [1.82, 2.24) is 20.0 Å². The first-order chi connectivity index (χ1) is 12.9. The van der Waals surface area contributed by atoms with Gasteiger partial charge in [-0.05, 0) is 43.4 Å². The fourth-order valence-corrected chi connectivity index (χ4v) is 3.74. The van der Waals surface area contributed by atoms with E-state index in [0.29, 0.717) is 19.0 Å². The second kappa shape index (κ2) is 7.03. The highest BCUT2D eigenvalue weighted by Gasteiger charge is 2.32. The van der Waals surface area contributed by atoms with Crippen molar-refractivity contribution in [1.29, 1.82) is 0 Å². The summed E-state index contributed by atoms with van der Waals surface area (Å²) in [6.07, 6.45) is 4.17. The molecular formula is C20H27N5O2. The standard InChI is InChI=1S/C20H27N5O2/c1-20(2,3)17-8-9-18(23-22-17)21-15-11-27-12-16(15)25-19(26)10-13-6-4-5-7-14(13)24-25/h8-10,15-16H,4-7,11-12H2,1-3H3,(H,21,23). The van der Waals surface area contributed by atoms with Crippen molar-refractivity contribution < 1.29 is 4.74 Å². The number of nitrogens with one attached hydrogen (secondary N) is 1. The number of ether oxygens (including phenoxy) is 1. The monoisotopic (exact) mass is 369 g/mol. The van der Waals surface area contributed by atoms with Crippen LogP contribution in [0.3, 0.4) is 0 Å². The van der Waals surface area contributed by atoms with E-state index in [1.54, 1.807) is 10.7 Å². The second-order valence-corrected chi connectivity index (χ2v) is 8.52. The minimum atomic E-state index is -0.145. The highest BCUT2D eigenvalue weighted by molar-refractivity contribution is 5.36. The maximum absolute atomic E-state index is 12.6. The average Bonchev–Trinajstić information content (AvgIpc) is 3.08. The lowest BCUT2D eigenvalue weighted by Gasteiger charge is -2.23. The molecule has 1 N–H and O–H groups in total. The van der Waals surface area contributed by atoms with Crippen molar-refractivity contribution in [2.24, 2.45) is 0 Å². The lowest BCUT2D eigenvalue weighted by molar-refractivity contribution is 0.182. The van der Waals surface area contributed by atoms with Crippen LogP contribution in [-0.4, -0.2) is 39.2 Å². The summed E-state index contributed by atoms with van der Waals surface area (Å²) in [6, 6.07) is 5.48. The zero-order valence-electron chi connectivity index (χ0n) is 16.2. The van der Waals surface area contributed by atoms with Crippen LogP contribution in [-0.2, 0) is 23.0 Å². The number of hydrogen-bond donors (Lipinski definition) is 1. The van der Waals surface area contributed by atoms with E-state index in [9.17, 15) is 4.79 Å². The molecule has 0 amide bonds. The highest BCUT2D eigenvalue weighted by atomic mass is 16.5. The molecule has 144 valence electrons. The first-order valence-electron chi connectivity index (χ1n) is 9.72. The largest absolute Gasteiger partial charge is 0.377 e. The Morgan fingerprint density at radius 2 is 1.96 bits per heavy atom. The van der Waals surface area contributed by atoms with E-state index in [4.69, 9.17) is 4.74 Å². The van der Waals surface area contributed by atoms with Gasteiger partial charge in [-0.15, -0.1) is 5.10 Å². The van der Waals surface area contributed by atoms with Crippen LogP contribution in [0.1, 0.15) is 56.6 Å². The zero-order chi connectivity index (χ0) is 19.0. The number of anilines is 1. The summed E-state index contributed by atoms with van der Waals surface area (Å²) < 4.78 is 7.27. The molecule has 2 unspecified atom stereocenters. The van der Waals surface area contributed by atoms with Crippen LogP contribution in [0, 0.1) is 0 Å². The number of aromatic nitrogens is 4. The molecule has 0 radical (unpaired) electrons. The van der Waals surface area contributed by atoms with Crippen molar-refractivity contribution in [2.75, 3.05) is 18.5 Å². The summed E-state index contributed by atoms with van der Waals surface area (Å²) in [7, 11) is 0. The van der Waals surface area contributed by atoms with Crippen molar-refractivity contribution in [2.45, 2.75) is 64.0 Å². The predicted molar refractivity (Wildman–Crippen MR) is 103 cm³/mol. The molecule has 2 aromatic heterocycles. The van der Waals surface area contributed by atoms with E-state index in [0.717, 1.165) is 42.6 Å². The van der Waals surface area contributed by atoms with Crippen molar-refractivity contribution in [3.8, 4) is 0 Å². The van der Waals surface area contributed by atoms with E-state index in [2.05, 4.69) is 41.4 Å². The van der Waals surface area contributed by atoms with Gasteiger partial charge in [0, 0.05) is 11.5 Å². The Labute approximate surface area is 159 Å². The maximum Gasteiger partial charge on any atom is 0.267 e. The Bertz CT molecular complexity index is 869. The molecule has 4 rings (SSSR count). The molecule has 3 heterocycles. The van der Waals surface area contributed by atoms with Crippen LogP contribution in [0.25, 0.3) is 0 Å². The molecule has 1 fully saturated rings. The number of nitrogens with zero attached hydrogens (tertiary/aromatic N) is 4. The first kappa shape index (κ1) is 18.1. The maximum atomic E-state index is 12.6. The lowest BCUT2D eigenvalue weighted by atomic mass is 9.92. The van der Waals surface area contributed by atoms with Gasteiger partial charge >= 0.3 is 0 Å².